The van der Waals surface area contributed by atoms with Gasteiger partial charge >= 0.3 is 0 Å². The van der Waals surface area contributed by atoms with Crippen molar-refractivity contribution in [3.8, 4) is 0 Å². The Labute approximate surface area is 97.4 Å². The lowest BCUT2D eigenvalue weighted by Crippen LogP contribution is -2.55. The van der Waals surface area contributed by atoms with Gasteiger partial charge in [0.15, 0.2) is 0 Å². The molecular weight excluding hydrogens is 202 g/mol. The Morgan fingerprint density at radius 3 is 1.87 bits per heavy atom. The lowest BCUT2D eigenvalue weighted by molar-refractivity contribution is 0.107. The molecule has 0 aliphatic rings. The van der Waals surface area contributed by atoms with Crippen molar-refractivity contribution in [1.29, 1.82) is 0 Å². The molecule has 0 fully saturated rings. The van der Waals surface area contributed by atoms with Gasteiger partial charge in [0.1, 0.15) is 8.96 Å². The maximum absolute atomic E-state index is 9.54. The van der Waals surface area contributed by atoms with Gasteiger partial charge in [-0.3, -0.25) is 0 Å². The van der Waals surface area contributed by atoms with Gasteiger partial charge in [0.2, 0.25) is 0 Å². The molecule has 3 heteroatoms. The van der Waals surface area contributed by atoms with Crippen LogP contribution in [-0.2, 0) is 0 Å². The van der Waals surface area contributed by atoms with Crippen LogP contribution in [0.1, 0.15) is 41.0 Å². The van der Waals surface area contributed by atoms with Crippen molar-refractivity contribution in [2.45, 2.75) is 65.7 Å². The number of rotatable bonds is 5. The number of hydrogen-bond donors (Lipinski definition) is 1. The minimum Gasteiger partial charge on any atom is -0.395 e. The zero-order valence-corrected chi connectivity index (χ0v) is 12.7. The van der Waals surface area contributed by atoms with Crippen molar-refractivity contribution in [3.05, 3.63) is 0 Å². The van der Waals surface area contributed by atoms with Crippen molar-refractivity contribution in [2.75, 3.05) is 6.61 Å². The first-order valence-corrected chi connectivity index (χ1v) is 8.92. The smallest absolute Gasteiger partial charge is 0.106 e. The van der Waals surface area contributed by atoms with Gasteiger partial charge in [-0.1, -0.05) is 26.9 Å². The Morgan fingerprint density at radius 2 is 1.67 bits per heavy atom. The molecule has 0 rings (SSSR count). The molecule has 1 N–H and O–H groups in total. The normalized spacial score (nSPS) is 15.4. The molecule has 0 heterocycles. The molecule has 15 heavy (non-hydrogen) atoms. The third-order valence-corrected chi connectivity index (χ3v) is 4.99. The van der Waals surface area contributed by atoms with Crippen molar-refractivity contribution < 1.29 is 5.11 Å². The second kappa shape index (κ2) is 6.02. The third kappa shape index (κ3) is 5.14. The molecule has 0 spiro atoms. The summed E-state index contributed by atoms with van der Waals surface area (Å²) < 4.78 is 2.56. The van der Waals surface area contributed by atoms with E-state index in [9.17, 15) is 5.11 Å². The van der Waals surface area contributed by atoms with Gasteiger partial charge in [-0.2, -0.15) is 0 Å². The fourth-order valence-corrected chi connectivity index (χ4v) is 5.17. The summed E-state index contributed by atoms with van der Waals surface area (Å²) in [5.41, 5.74) is 0.183. The van der Waals surface area contributed by atoms with Crippen molar-refractivity contribution in [2.24, 2.45) is 5.92 Å². The Balaban J connectivity index is 4.71. The predicted octanol–water partition coefficient (Wildman–Crippen LogP) is 2.48. The van der Waals surface area contributed by atoms with Crippen molar-refractivity contribution in [3.63, 3.8) is 0 Å². The number of aliphatic hydroxyl groups is 1. The summed E-state index contributed by atoms with van der Waals surface area (Å²) in [4.78, 5) is 0. The molecular formula is C12H29NOSi. The van der Waals surface area contributed by atoms with Gasteiger partial charge in [0.25, 0.3) is 0 Å². The molecule has 0 bridgehead atoms. The van der Waals surface area contributed by atoms with Crippen LogP contribution in [0.25, 0.3) is 0 Å². The first-order valence-electron chi connectivity index (χ1n) is 6.09. The summed E-state index contributed by atoms with van der Waals surface area (Å²) in [5.74, 6) is 0.653. The standard InChI is InChI=1S/C12H29NOSi/c1-10(2)8-11(9-14)13(15(6)7)12(3,4)5/h10-11,14-15H,8-9H2,1-7H3/t11-/m0/s1. The minimum atomic E-state index is -0.872. The Hall–Kier alpha value is 0.137. The highest BCUT2D eigenvalue weighted by molar-refractivity contribution is 6.52. The molecule has 2 nitrogen and oxygen atoms in total. The Morgan fingerprint density at radius 1 is 1.20 bits per heavy atom. The molecule has 0 aliphatic heterocycles. The zero-order chi connectivity index (χ0) is 12.2. The van der Waals surface area contributed by atoms with E-state index in [2.05, 4.69) is 52.3 Å². The maximum Gasteiger partial charge on any atom is 0.106 e. The lowest BCUT2D eigenvalue weighted by Gasteiger charge is -2.44. The molecule has 0 saturated carbocycles. The van der Waals surface area contributed by atoms with E-state index in [4.69, 9.17) is 0 Å². The van der Waals surface area contributed by atoms with E-state index in [1.165, 1.54) is 0 Å². The van der Waals surface area contributed by atoms with Crippen LogP contribution < -0.4 is 0 Å². The van der Waals surface area contributed by atoms with Gasteiger partial charge in [0.05, 0.1) is 6.61 Å². The largest absolute Gasteiger partial charge is 0.395 e. The van der Waals surface area contributed by atoms with Crippen molar-refractivity contribution in [1.82, 2.24) is 4.57 Å². The average Bonchev–Trinajstić information content (AvgIpc) is 1.98. The topological polar surface area (TPSA) is 23.5 Å². The van der Waals surface area contributed by atoms with E-state index in [0.717, 1.165) is 6.42 Å². The van der Waals surface area contributed by atoms with Crippen LogP contribution in [-0.4, -0.2) is 36.8 Å². The molecule has 0 amide bonds. The van der Waals surface area contributed by atoms with Gasteiger partial charge in [-0.05, 0) is 33.1 Å². The summed E-state index contributed by atoms with van der Waals surface area (Å²) in [5, 5.41) is 9.54. The summed E-state index contributed by atoms with van der Waals surface area (Å²) in [6.45, 7) is 16.2. The molecule has 0 radical (unpaired) electrons. The molecule has 0 aromatic rings. The van der Waals surface area contributed by atoms with E-state index in [0.29, 0.717) is 18.6 Å². The highest BCUT2D eigenvalue weighted by Crippen LogP contribution is 2.22. The lowest BCUT2D eigenvalue weighted by atomic mass is 10.0. The van der Waals surface area contributed by atoms with E-state index in [-0.39, 0.29) is 5.54 Å². The first kappa shape index (κ1) is 15.1. The van der Waals surface area contributed by atoms with Gasteiger partial charge < -0.3 is 9.67 Å². The van der Waals surface area contributed by atoms with E-state index < -0.39 is 8.96 Å². The van der Waals surface area contributed by atoms with Crippen LogP contribution in [0.15, 0.2) is 0 Å². The van der Waals surface area contributed by atoms with Crippen LogP contribution in [0.4, 0.5) is 0 Å². The van der Waals surface area contributed by atoms with Crippen LogP contribution in [0.2, 0.25) is 13.1 Å². The van der Waals surface area contributed by atoms with E-state index in [1.54, 1.807) is 0 Å². The summed E-state index contributed by atoms with van der Waals surface area (Å²) in [7, 11) is -0.872. The summed E-state index contributed by atoms with van der Waals surface area (Å²) in [6.07, 6.45) is 1.10. The number of hydrogen-bond acceptors (Lipinski definition) is 2. The van der Waals surface area contributed by atoms with Crippen LogP contribution in [0.3, 0.4) is 0 Å². The second-order valence-corrected chi connectivity index (χ2v) is 8.88. The first-order chi connectivity index (χ1) is 6.70. The molecule has 0 saturated heterocycles. The van der Waals surface area contributed by atoms with Gasteiger partial charge in [-0.25, -0.2) is 0 Å². The quantitative estimate of drug-likeness (QED) is 0.735. The fourth-order valence-electron chi connectivity index (χ4n) is 2.56. The van der Waals surface area contributed by atoms with Crippen LogP contribution in [0.5, 0.6) is 0 Å². The third-order valence-electron chi connectivity index (χ3n) is 2.68. The maximum atomic E-state index is 9.54. The Kier molecular flexibility index (Phi) is 6.07. The van der Waals surface area contributed by atoms with Crippen molar-refractivity contribution >= 4 is 8.96 Å². The highest BCUT2D eigenvalue weighted by Gasteiger charge is 2.31. The predicted molar refractivity (Wildman–Crippen MR) is 70.8 cm³/mol. The van der Waals surface area contributed by atoms with E-state index in [1.807, 2.05) is 0 Å². The summed E-state index contributed by atoms with van der Waals surface area (Å²) >= 11 is 0. The monoisotopic (exact) mass is 231 g/mol. The second-order valence-electron chi connectivity index (χ2n) is 6.14. The molecule has 0 unspecified atom stereocenters. The number of aliphatic hydroxyl groups excluding tert-OH is 1. The highest BCUT2D eigenvalue weighted by atomic mass is 28.3. The molecule has 1 atom stereocenters. The molecule has 0 aromatic heterocycles. The van der Waals surface area contributed by atoms with Crippen LogP contribution in [0, 0.1) is 5.92 Å². The minimum absolute atomic E-state index is 0.183. The Bertz CT molecular complexity index is 175. The van der Waals surface area contributed by atoms with Gasteiger partial charge in [-0.15, -0.1) is 0 Å². The molecule has 92 valence electrons. The van der Waals surface area contributed by atoms with E-state index >= 15 is 0 Å². The molecule has 0 aromatic carbocycles. The average molecular weight is 231 g/mol. The fraction of sp³-hybridized carbons (Fsp3) is 1.00. The molecule has 0 aliphatic carbocycles. The zero-order valence-electron chi connectivity index (χ0n) is 11.5. The SMILES string of the molecule is CC(C)C[C@@H](CO)N([SiH](C)C)C(C)(C)C. The summed E-state index contributed by atoms with van der Waals surface area (Å²) in [6, 6.07) is 0.344. The number of nitrogens with zero attached hydrogens (tertiary/aromatic N) is 1. The van der Waals surface area contributed by atoms with Gasteiger partial charge in [0, 0.05) is 11.6 Å². The van der Waals surface area contributed by atoms with Crippen LogP contribution >= 0.6 is 0 Å².